The van der Waals surface area contributed by atoms with E-state index in [1.807, 2.05) is 6.07 Å². The Kier molecular flexibility index (Phi) is 3.35. The molecule has 0 amide bonds. The molecule has 0 bridgehead atoms. The van der Waals surface area contributed by atoms with Gasteiger partial charge in [0.05, 0.1) is 5.52 Å². The van der Waals surface area contributed by atoms with Crippen molar-refractivity contribution in [2.24, 2.45) is 0 Å². The van der Waals surface area contributed by atoms with Crippen molar-refractivity contribution in [3.63, 3.8) is 0 Å². The van der Waals surface area contributed by atoms with Gasteiger partial charge in [-0.15, -0.1) is 0 Å². The Morgan fingerprint density at radius 3 is 3.00 bits per heavy atom. The van der Waals surface area contributed by atoms with Crippen molar-refractivity contribution in [3.8, 4) is 0 Å². The minimum absolute atomic E-state index is 0.931. The van der Waals surface area contributed by atoms with E-state index in [0.717, 1.165) is 29.7 Å². The molecule has 0 unspecified atom stereocenters. The second-order valence-electron chi connectivity index (χ2n) is 3.31. The predicted octanol–water partition coefficient (Wildman–Crippen LogP) is 3.06. The first-order valence-corrected chi connectivity index (χ1v) is 6.03. The maximum absolute atomic E-state index is 4.26. The van der Waals surface area contributed by atoms with Gasteiger partial charge < -0.3 is 5.32 Å². The molecule has 0 spiro atoms. The van der Waals surface area contributed by atoms with Crippen molar-refractivity contribution >= 4 is 39.3 Å². The van der Waals surface area contributed by atoms with Gasteiger partial charge in [-0.2, -0.15) is 0 Å². The number of rotatable bonds is 3. The lowest BCUT2D eigenvalue weighted by molar-refractivity contribution is 0.969. The fraction of sp³-hybridized carbons (Fsp3) is 0.273. The fourth-order valence-corrected chi connectivity index (χ4v) is 1.90. The van der Waals surface area contributed by atoms with Crippen LogP contribution in [0.1, 0.15) is 13.3 Å². The summed E-state index contributed by atoms with van der Waals surface area (Å²) in [6.45, 7) is 3.08. The number of hydrogen-bond donors (Lipinski definition) is 1. The van der Waals surface area contributed by atoms with Crippen molar-refractivity contribution in [1.29, 1.82) is 0 Å². The first-order chi connectivity index (χ1) is 7.31. The van der Waals surface area contributed by atoms with Crippen LogP contribution >= 0.6 is 22.6 Å². The molecule has 0 saturated heterocycles. The molecular formula is C11H12IN3. The Balaban J connectivity index is 2.48. The number of anilines is 1. The van der Waals surface area contributed by atoms with E-state index in [4.69, 9.17) is 0 Å². The highest BCUT2D eigenvalue weighted by atomic mass is 127. The molecule has 1 aromatic carbocycles. The number of fused-ring (bicyclic) bond motifs is 1. The summed E-state index contributed by atoms with van der Waals surface area (Å²) < 4.78 is 1.20. The lowest BCUT2D eigenvalue weighted by Gasteiger charge is -2.06. The Labute approximate surface area is 102 Å². The molecule has 0 aliphatic heterocycles. The Morgan fingerprint density at radius 1 is 1.33 bits per heavy atom. The van der Waals surface area contributed by atoms with E-state index in [1.165, 1.54) is 3.57 Å². The molecule has 15 heavy (non-hydrogen) atoms. The minimum atomic E-state index is 0.931. The van der Waals surface area contributed by atoms with Crippen LogP contribution in [0.5, 0.6) is 0 Å². The van der Waals surface area contributed by atoms with Crippen LogP contribution in [0.3, 0.4) is 0 Å². The molecule has 1 heterocycles. The third-order valence-corrected chi connectivity index (χ3v) is 2.81. The quantitative estimate of drug-likeness (QED) is 0.885. The number of nitrogens with zero attached hydrogens (tertiary/aromatic N) is 2. The van der Waals surface area contributed by atoms with Crippen molar-refractivity contribution in [3.05, 3.63) is 28.1 Å². The maximum Gasteiger partial charge on any atom is 0.137 e. The highest BCUT2D eigenvalue weighted by Crippen LogP contribution is 2.21. The molecule has 4 heteroatoms. The second kappa shape index (κ2) is 4.74. The number of halogens is 1. The van der Waals surface area contributed by atoms with Gasteiger partial charge in [-0.05, 0) is 47.2 Å². The first-order valence-electron chi connectivity index (χ1n) is 4.95. The van der Waals surface area contributed by atoms with E-state index in [2.05, 4.69) is 56.9 Å². The van der Waals surface area contributed by atoms with Crippen LogP contribution in [-0.2, 0) is 0 Å². The van der Waals surface area contributed by atoms with Crippen LogP contribution in [0.2, 0.25) is 0 Å². The second-order valence-corrected chi connectivity index (χ2v) is 4.56. The Bertz CT molecular complexity index is 470. The summed E-state index contributed by atoms with van der Waals surface area (Å²) in [4.78, 5) is 8.50. The summed E-state index contributed by atoms with van der Waals surface area (Å²) >= 11 is 2.30. The van der Waals surface area contributed by atoms with Crippen LogP contribution in [0.15, 0.2) is 24.5 Å². The average Bonchev–Trinajstić information content (AvgIpc) is 2.26. The molecule has 2 rings (SSSR count). The van der Waals surface area contributed by atoms with Crippen molar-refractivity contribution in [1.82, 2.24) is 9.97 Å². The van der Waals surface area contributed by atoms with Gasteiger partial charge in [0.25, 0.3) is 0 Å². The van der Waals surface area contributed by atoms with Crippen LogP contribution in [0.25, 0.3) is 10.9 Å². The molecule has 0 fully saturated rings. The van der Waals surface area contributed by atoms with Crippen molar-refractivity contribution < 1.29 is 0 Å². The van der Waals surface area contributed by atoms with Crippen molar-refractivity contribution in [2.45, 2.75) is 13.3 Å². The topological polar surface area (TPSA) is 37.8 Å². The van der Waals surface area contributed by atoms with Gasteiger partial charge in [-0.1, -0.05) is 6.92 Å². The van der Waals surface area contributed by atoms with Gasteiger partial charge in [-0.25, -0.2) is 9.97 Å². The van der Waals surface area contributed by atoms with Gasteiger partial charge in [-0.3, -0.25) is 0 Å². The summed E-state index contributed by atoms with van der Waals surface area (Å²) in [5, 5.41) is 4.41. The highest BCUT2D eigenvalue weighted by molar-refractivity contribution is 14.1. The molecular weight excluding hydrogens is 301 g/mol. The van der Waals surface area contributed by atoms with Gasteiger partial charge in [0.2, 0.25) is 0 Å². The summed E-state index contributed by atoms with van der Waals surface area (Å²) in [6, 6.07) is 6.18. The monoisotopic (exact) mass is 313 g/mol. The van der Waals surface area contributed by atoms with Gasteiger partial charge >= 0.3 is 0 Å². The molecule has 0 saturated carbocycles. The lowest BCUT2D eigenvalue weighted by atomic mass is 10.2. The number of aromatic nitrogens is 2. The zero-order valence-electron chi connectivity index (χ0n) is 8.50. The molecule has 0 radical (unpaired) electrons. The highest BCUT2D eigenvalue weighted by Gasteiger charge is 2.02. The standard InChI is InChI=1S/C11H12IN3/c1-2-5-13-11-9-6-8(12)3-4-10(9)14-7-15-11/h3-4,6-7H,2,5H2,1H3,(H,13,14,15). The van der Waals surface area contributed by atoms with E-state index in [9.17, 15) is 0 Å². The normalized spacial score (nSPS) is 10.5. The molecule has 0 aliphatic carbocycles. The molecule has 78 valence electrons. The largest absolute Gasteiger partial charge is 0.369 e. The third kappa shape index (κ3) is 2.37. The Hall–Kier alpha value is -0.910. The van der Waals surface area contributed by atoms with Crippen LogP contribution in [-0.4, -0.2) is 16.5 Å². The molecule has 1 aromatic heterocycles. The number of benzene rings is 1. The molecule has 2 aromatic rings. The van der Waals surface area contributed by atoms with E-state index in [0.29, 0.717) is 0 Å². The predicted molar refractivity (Wildman–Crippen MR) is 71.0 cm³/mol. The van der Waals surface area contributed by atoms with Gasteiger partial charge in [0.1, 0.15) is 12.1 Å². The van der Waals surface area contributed by atoms with E-state index in [1.54, 1.807) is 6.33 Å². The molecule has 3 nitrogen and oxygen atoms in total. The minimum Gasteiger partial charge on any atom is -0.369 e. The van der Waals surface area contributed by atoms with Crippen LogP contribution < -0.4 is 5.32 Å². The van der Waals surface area contributed by atoms with Gasteiger partial charge in [0, 0.05) is 15.5 Å². The summed E-state index contributed by atoms with van der Waals surface area (Å²) in [5.41, 5.74) is 0.990. The molecule has 1 N–H and O–H groups in total. The summed E-state index contributed by atoms with van der Waals surface area (Å²) in [5.74, 6) is 0.931. The summed E-state index contributed by atoms with van der Waals surface area (Å²) in [6.07, 6.45) is 2.70. The zero-order chi connectivity index (χ0) is 10.7. The van der Waals surface area contributed by atoms with E-state index >= 15 is 0 Å². The smallest absolute Gasteiger partial charge is 0.137 e. The summed E-state index contributed by atoms with van der Waals surface area (Å²) in [7, 11) is 0. The molecule has 0 atom stereocenters. The van der Waals surface area contributed by atoms with Crippen LogP contribution in [0, 0.1) is 3.57 Å². The number of hydrogen-bond acceptors (Lipinski definition) is 3. The SMILES string of the molecule is CCCNc1ncnc2ccc(I)cc12. The van der Waals surface area contributed by atoms with Gasteiger partial charge in [0.15, 0.2) is 0 Å². The van der Waals surface area contributed by atoms with E-state index < -0.39 is 0 Å². The maximum atomic E-state index is 4.26. The first kappa shape index (κ1) is 10.6. The lowest BCUT2D eigenvalue weighted by Crippen LogP contribution is -2.02. The third-order valence-electron chi connectivity index (χ3n) is 2.14. The van der Waals surface area contributed by atoms with E-state index in [-0.39, 0.29) is 0 Å². The Morgan fingerprint density at radius 2 is 2.20 bits per heavy atom. The number of nitrogens with one attached hydrogen (secondary N) is 1. The zero-order valence-corrected chi connectivity index (χ0v) is 10.7. The molecule has 0 aliphatic rings. The van der Waals surface area contributed by atoms with Crippen LogP contribution in [0.4, 0.5) is 5.82 Å². The fourth-order valence-electron chi connectivity index (χ4n) is 1.41. The average molecular weight is 313 g/mol. The van der Waals surface area contributed by atoms with Crippen molar-refractivity contribution in [2.75, 3.05) is 11.9 Å².